The second kappa shape index (κ2) is 3.73. The summed E-state index contributed by atoms with van der Waals surface area (Å²) < 4.78 is 2.90. The van der Waals surface area contributed by atoms with Crippen LogP contribution in [0, 0.1) is 5.92 Å². The smallest absolute Gasteiger partial charge is 0.372 e. The molecule has 0 aromatic heterocycles. The Balaban J connectivity index is 2.45. The highest BCUT2D eigenvalue weighted by molar-refractivity contribution is 7.97. The van der Waals surface area contributed by atoms with Crippen molar-refractivity contribution < 1.29 is 14.7 Å². The molecular formula is C6H9NO3S. The number of hydrogen-bond donors (Lipinski definition) is 2. The predicted molar refractivity (Wildman–Crippen MR) is 41.2 cm³/mol. The molecular weight excluding hydrogens is 166 g/mol. The van der Waals surface area contributed by atoms with E-state index in [1.54, 1.807) is 0 Å². The number of carbonyl (C=O) groups excluding carboxylic acids is 1. The zero-order chi connectivity index (χ0) is 8.27. The standard InChI is InChI=1S/C6H9NO3S/c8-5(6(9)10)4-1-2-11-7-3-4/h4,7H,1-3H2,(H,9,10). The van der Waals surface area contributed by atoms with Gasteiger partial charge in [-0.1, -0.05) is 11.9 Å². The monoisotopic (exact) mass is 175 g/mol. The van der Waals surface area contributed by atoms with Gasteiger partial charge in [-0.3, -0.25) is 9.52 Å². The van der Waals surface area contributed by atoms with Crippen LogP contribution in [0.15, 0.2) is 0 Å². The van der Waals surface area contributed by atoms with Crippen LogP contribution in [-0.2, 0) is 9.59 Å². The lowest BCUT2D eigenvalue weighted by Crippen LogP contribution is -2.34. The number of rotatable bonds is 2. The molecule has 1 heterocycles. The van der Waals surface area contributed by atoms with Crippen LogP contribution in [-0.4, -0.2) is 29.2 Å². The van der Waals surface area contributed by atoms with Gasteiger partial charge in [-0.2, -0.15) is 0 Å². The Morgan fingerprint density at radius 1 is 1.55 bits per heavy atom. The van der Waals surface area contributed by atoms with Crippen molar-refractivity contribution in [3.8, 4) is 0 Å². The van der Waals surface area contributed by atoms with E-state index < -0.39 is 11.8 Å². The maximum atomic E-state index is 10.8. The lowest BCUT2D eigenvalue weighted by atomic mass is 10.0. The molecule has 5 heteroatoms. The van der Waals surface area contributed by atoms with E-state index in [1.807, 2.05) is 0 Å². The van der Waals surface area contributed by atoms with Gasteiger partial charge < -0.3 is 5.11 Å². The van der Waals surface area contributed by atoms with E-state index in [-0.39, 0.29) is 5.92 Å². The van der Waals surface area contributed by atoms with Crippen LogP contribution >= 0.6 is 11.9 Å². The summed E-state index contributed by atoms with van der Waals surface area (Å²) >= 11 is 1.53. The van der Waals surface area contributed by atoms with Crippen LogP contribution in [0.4, 0.5) is 0 Å². The van der Waals surface area contributed by atoms with Gasteiger partial charge in [-0.05, 0) is 6.42 Å². The van der Waals surface area contributed by atoms with Crippen LogP contribution in [0.3, 0.4) is 0 Å². The Hall–Kier alpha value is -0.550. The predicted octanol–water partition coefficient (Wildman–Crippen LogP) is -0.102. The number of carboxylic acid groups (broad SMARTS) is 1. The first kappa shape index (κ1) is 8.55. The fourth-order valence-corrected chi connectivity index (χ4v) is 1.80. The van der Waals surface area contributed by atoms with E-state index in [0.29, 0.717) is 13.0 Å². The number of ketones is 1. The summed E-state index contributed by atoms with van der Waals surface area (Å²) in [5.41, 5.74) is 0. The van der Waals surface area contributed by atoms with E-state index in [4.69, 9.17) is 5.11 Å². The van der Waals surface area contributed by atoms with Gasteiger partial charge in [-0.25, -0.2) is 4.79 Å². The minimum atomic E-state index is -1.32. The third-order valence-electron chi connectivity index (χ3n) is 1.58. The fourth-order valence-electron chi connectivity index (χ4n) is 0.933. The fraction of sp³-hybridized carbons (Fsp3) is 0.667. The highest BCUT2D eigenvalue weighted by Gasteiger charge is 2.26. The molecule has 1 aliphatic heterocycles. The van der Waals surface area contributed by atoms with Crippen molar-refractivity contribution >= 4 is 23.7 Å². The minimum absolute atomic E-state index is 0.325. The van der Waals surface area contributed by atoms with Crippen molar-refractivity contribution in [2.24, 2.45) is 5.92 Å². The molecule has 0 spiro atoms. The summed E-state index contributed by atoms with van der Waals surface area (Å²) in [6.45, 7) is 0.482. The molecule has 1 saturated heterocycles. The Morgan fingerprint density at radius 2 is 2.27 bits per heavy atom. The Labute approximate surface area is 68.5 Å². The van der Waals surface area contributed by atoms with Crippen LogP contribution in [0.2, 0.25) is 0 Å². The molecule has 0 saturated carbocycles. The summed E-state index contributed by atoms with van der Waals surface area (Å²) in [6, 6.07) is 0. The third kappa shape index (κ3) is 2.20. The number of aliphatic carboxylic acids is 1. The van der Waals surface area contributed by atoms with Gasteiger partial charge in [0.25, 0.3) is 0 Å². The highest BCUT2D eigenvalue weighted by atomic mass is 32.2. The average molecular weight is 175 g/mol. The molecule has 1 unspecified atom stereocenters. The van der Waals surface area contributed by atoms with Crippen molar-refractivity contribution in [2.75, 3.05) is 12.3 Å². The molecule has 0 radical (unpaired) electrons. The van der Waals surface area contributed by atoms with E-state index in [9.17, 15) is 9.59 Å². The summed E-state index contributed by atoms with van der Waals surface area (Å²) in [7, 11) is 0. The van der Waals surface area contributed by atoms with Gasteiger partial charge in [0.1, 0.15) is 0 Å². The van der Waals surface area contributed by atoms with Gasteiger partial charge in [-0.15, -0.1) is 0 Å². The lowest BCUT2D eigenvalue weighted by Gasteiger charge is -2.18. The molecule has 2 N–H and O–H groups in total. The van der Waals surface area contributed by atoms with E-state index in [1.165, 1.54) is 11.9 Å². The summed E-state index contributed by atoms with van der Waals surface area (Å²) in [5.74, 6) is -1.50. The Kier molecular flexibility index (Phi) is 2.90. The van der Waals surface area contributed by atoms with E-state index in [0.717, 1.165) is 5.75 Å². The Morgan fingerprint density at radius 3 is 2.73 bits per heavy atom. The largest absolute Gasteiger partial charge is 0.475 e. The summed E-state index contributed by atoms with van der Waals surface area (Å²) in [5, 5.41) is 8.35. The summed E-state index contributed by atoms with van der Waals surface area (Å²) in [4.78, 5) is 21.1. The van der Waals surface area contributed by atoms with Gasteiger partial charge in [0.2, 0.25) is 5.78 Å². The van der Waals surface area contributed by atoms with Crippen molar-refractivity contribution in [1.82, 2.24) is 4.72 Å². The quantitative estimate of drug-likeness (QED) is 0.453. The SMILES string of the molecule is O=C(O)C(=O)C1CCSNC1. The van der Waals surface area contributed by atoms with Gasteiger partial charge in [0.15, 0.2) is 0 Å². The maximum absolute atomic E-state index is 10.8. The normalized spacial score (nSPS) is 24.5. The molecule has 4 nitrogen and oxygen atoms in total. The maximum Gasteiger partial charge on any atom is 0.372 e. The third-order valence-corrected chi connectivity index (χ3v) is 2.39. The lowest BCUT2D eigenvalue weighted by molar-refractivity contribution is -0.151. The van der Waals surface area contributed by atoms with Crippen LogP contribution in [0.1, 0.15) is 6.42 Å². The molecule has 0 amide bonds. The number of carbonyl (C=O) groups is 2. The number of carboxylic acids is 1. The topological polar surface area (TPSA) is 66.4 Å². The molecule has 0 aliphatic carbocycles. The highest BCUT2D eigenvalue weighted by Crippen LogP contribution is 2.14. The first-order valence-electron chi connectivity index (χ1n) is 3.33. The van der Waals surface area contributed by atoms with Gasteiger partial charge in [0, 0.05) is 18.2 Å². The van der Waals surface area contributed by atoms with Crippen LogP contribution in [0.25, 0.3) is 0 Å². The molecule has 0 aromatic carbocycles. The second-order valence-corrected chi connectivity index (χ2v) is 3.34. The minimum Gasteiger partial charge on any atom is -0.475 e. The number of Topliss-reactive ketones (excluding diaryl/α,β-unsaturated/α-hetero) is 1. The molecule has 11 heavy (non-hydrogen) atoms. The van der Waals surface area contributed by atoms with Crippen molar-refractivity contribution in [3.05, 3.63) is 0 Å². The van der Waals surface area contributed by atoms with Crippen molar-refractivity contribution in [3.63, 3.8) is 0 Å². The molecule has 0 aromatic rings. The number of hydrogen-bond acceptors (Lipinski definition) is 4. The van der Waals surface area contributed by atoms with Crippen molar-refractivity contribution in [2.45, 2.75) is 6.42 Å². The van der Waals surface area contributed by atoms with Crippen LogP contribution < -0.4 is 4.72 Å². The molecule has 0 bridgehead atoms. The first-order valence-corrected chi connectivity index (χ1v) is 4.32. The van der Waals surface area contributed by atoms with Crippen LogP contribution in [0.5, 0.6) is 0 Å². The second-order valence-electron chi connectivity index (χ2n) is 2.35. The van der Waals surface area contributed by atoms with Gasteiger partial charge in [0.05, 0.1) is 0 Å². The zero-order valence-corrected chi connectivity index (χ0v) is 6.69. The molecule has 62 valence electrons. The molecule has 1 aliphatic rings. The molecule has 1 atom stereocenters. The average Bonchev–Trinajstić information content (AvgIpc) is 2.05. The molecule has 1 fully saturated rings. The van der Waals surface area contributed by atoms with E-state index >= 15 is 0 Å². The van der Waals surface area contributed by atoms with E-state index in [2.05, 4.69) is 4.72 Å². The summed E-state index contributed by atoms with van der Waals surface area (Å²) in [6.07, 6.45) is 0.669. The van der Waals surface area contributed by atoms with Crippen molar-refractivity contribution in [1.29, 1.82) is 0 Å². The zero-order valence-electron chi connectivity index (χ0n) is 5.87. The Bertz CT molecular complexity index is 177. The number of nitrogens with one attached hydrogen (secondary N) is 1. The van der Waals surface area contributed by atoms with Gasteiger partial charge >= 0.3 is 5.97 Å². The molecule has 1 rings (SSSR count). The first-order chi connectivity index (χ1) is 5.22.